The Morgan fingerprint density at radius 3 is 2.38 bits per heavy atom. The van der Waals surface area contributed by atoms with Gasteiger partial charge >= 0.3 is 6.03 Å². The van der Waals surface area contributed by atoms with Crippen LogP contribution in [0.3, 0.4) is 0 Å². The van der Waals surface area contributed by atoms with Gasteiger partial charge in [0.05, 0.1) is 5.69 Å². The molecular formula is C32H32FN7O6S. The van der Waals surface area contributed by atoms with E-state index in [1.54, 1.807) is 44.2 Å². The summed E-state index contributed by atoms with van der Waals surface area (Å²) in [6.07, 6.45) is 2.65. The molecule has 2 N–H and O–H groups in total. The molecular weight excluding hydrogens is 629 g/mol. The normalized spacial score (nSPS) is 15.3. The fraction of sp³-hybridized carbons (Fsp3) is 0.219. The number of nitrogens with zero attached hydrogens (tertiary/aromatic N) is 5. The van der Waals surface area contributed by atoms with Crippen molar-refractivity contribution < 1.29 is 31.9 Å². The highest BCUT2D eigenvalue weighted by atomic mass is 32.2. The molecule has 0 saturated carbocycles. The van der Waals surface area contributed by atoms with Crippen LogP contribution in [0.25, 0.3) is 0 Å². The van der Waals surface area contributed by atoms with E-state index in [-0.39, 0.29) is 34.7 Å². The number of hydrogen-bond acceptors (Lipinski definition) is 9. The number of benzene rings is 2. The molecule has 13 nitrogen and oxygen atoms in total. The maximum absolute atomic E-state index is 15.1. The molecule has 0 spiro atoms. The SMILES string of the molecule is CC(C)N1CC(C(=O)Nc2ccc(Oc3ccnc(Nc4ccc(S(=O)(=O)N(C)C)cn4)c3)c(F)c2)C(=O)N(c2ccccc2)C1=O. The summed E-state index contributed by atoms with van der Waals surface area (Å²) in [5.41, 5.74) is 0.437. The quantitative estimate of drug-likeness (QED) is 0.227. The minimum atomic E-state index is -3.63. The van der Waals surface area contributed by atoms with E-state index in [1.165, 1.54) is 67.8 Å². The molecule has 47 heavy (non-hydrogen) atoms. The maximum atomic E-state index is 15.1. The number of rotatable bonds is 10. The molecule has 1 aliphatic rings. The first-order chi connectivity index (χ1) is 22.3. The van der Waals surface area contributed by atoms with Crippen LogP contribution in [0.15, 0.2) is 90.1 Å². The van der Waals surface area contributed by atoms with Gasteiger partial charge in [-0.15, -0.1) is 0 Å². The van der Waals surface area contributed by atoms with E-state index in [9.17, 15) is 22.8 Å². The number of sulfonamides is 1. The highest BCUT2D eigenvalue weighted by Gasteiger charge is 2.44. The van der Waals surface area contributed by atoms with Crippen molar-refractivity contribution in [2.75, 3.05) is 36.2 Å². The van der Waals surface area contributed by atoms with Gasteiger partial charge in [-0.2, -0.15) is 0 Å². The molecule has 1 aliphatic heterocycles. The van der Waals surface area contributed by atoms with E-state index in [0.717, 1.165) is 15.3 Å². The van der Waals surface area contributed by atoms with Crippen molar-refractivity contribution in [3.63, 3.8) is 0 Å². The summed E-state index contributed by atoms with van der Waals surface area (Å²) >= 11 is 0. The van der Waals surface area contributed by atoms with E-state index < -0.39 is 39.6 Å². The number of para-hydroxylation sites is 1. The molecule has 15 heteroatoms. The van der Waals surface area contributed by atoms with Crippen molar-refractivity contribution in [1.82, 2.24) is 19.2 Å². The zero-order chi connectivity index (χ0) is 33.9. The van der Waals surface area contributed by atoms with E-state index >= 15 is 4.39 Å². The first kappa shape index (κ1) is 33.0. The van der Waals surface area contributed by atoms with Gasteiger partial charge in [-0.1, -0.05) is 18.2 Å². The van der Waals surface area contributed by atoms with Gasteiger partial charge in [0, 0.05) is 56.9 Å². The predicted molar refractivity (Wildman–Crippen MR) is 172 cm³/mol. The van der Waals surface area contributed by atoms with Crippen LogP contribution in [0, 0.1) is 11.7 Å². The second kappa shape index (κ2) is 13.5. The van der Waals surface area contributed by atoms with Gasteiger partial charge < -0.3 is 20.3 Å². The van der Waals surface area contributed by atoms with E-state index in [1.807, 2.05) is 0 Å². The summed E-state index contributed by atoms with van der Waals surface area (Å²) in [5.74, 6) is -2.65. The number of amides is 4. The van der Waals surface area contributed by atoms with Gasteiger partial charge in [0.25, 0.3) is 0 Å². The molecule has 3 heterocycles. The Kier molecular flexibility index (Phi) is 9.49. The summed E-state index contributed by atoms with van der Waals surface area (Å²) in [7, 11) is -0.786. The highest BCUT2D eigenvalue weighted by molar-refractivity contribution is 7.89. The summed E-state index contributed by atoms with van der Waals surface area (Å²) in [4.78, 5) is 50.6. The highest BCUT2D eigenvalue weighted by Crippen LogP contribution is 2.30. The van der Waals surface area contributed by atoms with Gasteiger partial charge in [-0.25, -0.2) is 36.8 Å². The lowest BCUT2D eigenvalue weighted by Crippen LogP contribution is -2.61. The monoisotopic (exact) mass is 661 g/mol. The Hall–Kier alpha value is -5.41. The van der Waals surface area contributed by atoms with Crippen LogP contribution in [-0.4, -0.2) is 72.1 Å². The maximum Gasteiger partial charge on any atom is 0.331 e. The fourth-order valence-electron chi connectivity index (χ4n) is 4.68. The number of halogens is 1. The van der Waals surface area contributed by atoms with Gasteiger partial charge in [0.15, 0.2) is 11.6 Å². The third-order valence-electron chi connectivity index (χ3n) is 7.22. The van der Waals surface area contributed by atoms with E-state index in [0.29, 0.717) is 17.3 Å². The number of hydrogen-bond donors (Lipinski definition) is 2. The molecule has 1 saturated heterocycles. The van der Waals surface area contributed by atoms with Crippen molar-refractivity contribution >= 4 is 50.9 Å². The molecule has 2 aromatic heterocycles. The molecule has 4 amide bonds. The molecule has 0 bridgehead atoms. The predicted octanol–water partition coefficient (Wildman–Crippen LogP) is 4.83. The summed E-state index contributed by atoms with van der Waals surface area (Å²) in [6, 6.07) is 17.3. The average molecular weight is 662 g/mol. The third kappa shape index (κ3) is 7.21. The topological polar surface area (TPSA) is 154 Å². The number of nitrogens with one attached hydrogen (secondary N) is 2. The largest absolute Gasteiger partial charge is 0.454 e. The first-order valence-corrected chi connectivity index (χ1v) is 15.9. The molecule has 1 fully saturated rings. The Bertz CT molecular complexity index is 1910. The summed E-state index contributed by atoms with van der Waals surface area (Å²) in [5, 5.41) is 5.53. The van der Waals surface area contributed by atoms with Gasteiger partial charge in [0.1, 0.15) is 28.2 Å². The molecule has 244 valence electrons. The lowest BCUT2D eigenvalue weighted by Gasteiger charge is -2.39. The van der Waals surface area contributed by atoms with Crippen molar-refractivity contribution in [1.29, 1.82) is 0 Å². The second-order valence-corrected chi connectivity index (χ2v) is 13.1. The lowest BCUT2D eigenvalue weighted by atomic mass is 10.0. The molecule has 1 unspecified atom stereocenters. The Balaban J connectivity index is 1.26. The number of aromatic nitrogens is 2. The molecule has 1 atom stereocenters. The van der Waals surface area contributed by atoms with Gasteiger partial charge in [-0.05, 0) is 56.3 Å². The van der Waals surface area contributed by atoms with Gasteiger partial charge in [0.2, 0.25) is 21.8 Å². The van der Waals surface area contributed by atoms with Crippen LogP contribution in [0.4, 0.5) is 32.2 Å². The Labute approximate surface area is 271 Å². The minimum Gasteiger partial charge on any atom is -0.454 e. The zero-order valence-corrected chi connectivity index (χ0v) is 26.7. The smallest absolute Gasteiger partial charge is 0.331 e. The molecule has 2 aromatic carbocycles. The fourth-order valence-corrected chi connectivity index (χ4v) is 5.53. The number of carbonyl (C=O) groups is 3. The first-order valence-electron chi connectivity index (χ1n) is 14.4. The average Bonchev–Trinajstić information content (AvgIpc) is 3.03. The molecule has 5 rings (SSSR count). The van der Waals surface area contributed by atoms with Crippen LogP contribution < -0.4 is 20.3 Å². The summed E-state index contributed by atoms with van der Waals surface area (Å²) in [6.45, 7) is 3.45. The van der Waals surface area contributed by atoms with Crippen molar-refractivity contribution in [3.8, 4) is 11.5 Å². The van der Waals surface area contributed by atoms with Crippen LogP contribution in [-0.2, 0) is 19.6 Å². The Morgan fingerprint density at radius 2 is 1.74 bits per heavy atom. The van der Waals surface area contributed by atoms with Crippen LogP contribution in [0.2, 0.25) is 0 Å². The number of pyridine rings is 2. The lowest BCUT2D eigenvalue weighted by molar-refractivity contribution is -0.132. The van der Waals surface area contributed by atoms with Crippen molar-refractivity contribution in [3.05, 3.63) is 91.0 Å². The minimum absolute atomic E-state index is 0.0281. The van der Waals surface area contributed by atoms with Gasteiger partial charge in [-0.3, -0.25) is 9.59 Å². The Morgan fingerprint density at radius 1 is 1.00 bits per heavy atom. The molecule has 4 aromatic rings. The number of ether oxygens (including phenoxy) is 1. The zero-order valence-electron chi connectivity index (χ0n) is 25.9. The summed E-state index contributed by atoms with van der Waals surface area (Å²) < 4.78 is 46.5. The van der Waals surface area contributed by atoms with Crippen LogP contribution in [0.1, 0.15) is 13.8 Å². The number of anilines is 4. The number of urea groups is 1. The molecule has 0 radical (unpaired) electrons. The number of imide groups is 1. The molecule has 0 aliphatic carbocycles. The van der Waals surface area contributed by atoms with E-state index in [4.69, 9.17) is 4.74 Å². The standard InChI is InChI=1S/C32H32FN7O6S/c1-20(2)39-19-25(31(42)40(32(39)43)22-8-6-5-7-9-22)30(41)36-21-10-12-27(26(33)16-21)46-23-14-15-34-29(17-23)37-28-13-11-24(18-35-28)47(44,45)38(3)4/h5-18,20,25H,19H2,1-4H3,(H,36,41)(H,34,35,37). The van der Waals surface area contributed by atoms with E-state index in [2.05, 4.69) is 20.6 Å². The third-order valence-corrected chi connectivity index (χ3v) is 9.02. The number of carbonyl (C=O) groups excluding carboxylic acids is 3. The second-order valence-electron chi connectivity index (χ2n) is 11.0. The van der Waals surface area contributed by atoms with Crippen LogP contribution >= 0.6 is 0 Å². The van der Waals surface area contributed by atoms with Crippen LogP contribution in [0.5, 0.6) is 11.5 Å². The van der Waals surface area contributed by atoms with Crippen molar-refractivity contribution in [2.45, 2.75) is 24.8 Å². The van der Waals surface area contributed by atoms with Crippen molar-refractivity contribution in [2.24, 2.45) is 5.92 Å².